The molecule has 2 rings (SSSR count). The quantitative estimate of drug-likeness (QED) is 0.573. The van der Waals surface area contributed by atoms with Gasteiger partial charge in [-0.2, -0.15) is 0 Å². The van der Waals surface area contributed by atoms with Gasteiger partial charge >= 0.3 is 0 Å². The molecule has 1 aliphatic rings. The number of ether oxygens (including phenoxy) is 6. The first kappa shape index (κ1) is 18.5. The molecule has 0 fully saturated rings. The normalized spacial score (nSPS) is 16.3. The van der Waals surface area contributed by atoms with Gasteiger partial charge in [-0.05, 0) is 0 Å². The third-order valence-electron chi connectivity index (χ3n) is 3.37. The van der Waals surface area contributed by atoms with Gasteiger partial charge in [0.1, 0.15) is 0 Å². The SMILES string of the molecule is COCCOCCOCCOCC1(C)COc2cscc2OC1. The Labute approximate surface area is 141 Å². The Morgan fingerprint density at radius 3 is 2.00 bits per heavy atom. The Morgan fingerprint density at radius 2 is 1.43 bits per heavy atom. The lowest BCUT2D eigenvalue weighted by molar-refractivity contribution is -0.0276. The van der Waals surface area contributed by atoms with Crippen molar-refractivity contribution in [2.45, 2.75) is 6.92 Å². The average Bonchev–Trinajstić information content (AvgIpc) is 2.95. The average molecular weight is 346 g/mol. The van der Waals surface area contributed by atoms with Crippen LogP contribution in [-0.2, 0) is 18.9 Å². The molecule has 0 radical (unpaired) electrons. The van der Waals surface area contributed by atoms with Crippen LogP contribution in [0.25, 0.3) is 0 Å². The summed E-state index contributed by atoms with van der Waals surface area (Å²) in [5, 5.41) is 3.93. The Balaban J connectivity index is 1.50. The van der Waals surface area contributed by atoms with Crippen LogP contribution in [0.1, 0.15) is 6.92 Å². The monoisotopic (exact) mass is 346 g/mol. The van der Waals surface area contributed by atoms with Crippen molar-refractivity contribution in [3.05, 3.63) is 10.8 Å². The first-order valence-electron chi connectivity index (χ1n) is 7.77. The summed E-state index contributed by atoms with van der Waals surface area (Å²) in [6.45, 7) is 7.31. The van der Waals surface area contributed by atoms with Crippen LogP contribution >= 0.6 is 11.3 Å². The van der Waals surface area contributed by atoms with Crippen LogP contribution < -0.4 is 9.47 Å². The first-order valence-corrected chi connectivity index (χ1v) is 8.72. The maximum absolute atomic E-state index is 5.79. The molecular weight excluding hydrogens is 320 g/mol. The fourth-order valence-electron chi connectivity index (χ4n) is 2.01. The molecule has 0 unspecified atom stereocenters. The largest absolute Gasteiger partial charge is 0.488 e. The molecule has 0 N–H and O–H groups in total. The highest BCUT2D eigenvalue weighted by atomic mass is 32.1. The van der Waals surface area contributed by atoms with Crippen LogP contribution in [-0.4, -0.2) is 66.6 Å². The van der Waals surface area contributed by atoms with E-state index >= 15 is 0 Å². The van der Waals surface area contributed by atoms with Gasteiger partial charge in [-0.3, -0.25) is 0 Å². The summed E-state index contributed by atoms with van der Waals surface area (Å²) in [6, 6.07) is 0. The molecule has 1 aliphatic heterocycles. The molecule has 1 aromatic heterocycles. The summed E-state index contributed by atoms with van der Waals surface area (Å²) in [4.78, 5) is 0. The molecule has 2 heterocycles. The Kier molecular flexibility index (Phi) is 8.11. The number of rotatable bonds is 11. The number of hydrogen-bond acceptors (Lipinski definition) is 7. The van der Waals surface area contributed by atoms with Gasteiger partial charge in [-0.25, -0.2) is 0 Å². The minimum atomic E-state index is -0.153. The van der Waals surface area contributed by atoms with E-state index in [2.05, 4.69) is 6.92 Å². The van der Waals surface area contributed by atoms with Gasteiger partial charge in [0.15, 0.2) is 11.5 Å². The number of fused-ring (bicyclic) bond motifs is 1. The molecule has 7 heteroatoms. The van der Waals surface area contributed by atoms with Crippen molar-refractivity contribution in [1.29, 1.82) is 0 Å². The van der Waals surface area contributed by atoms with Crippen molar-refractivity contribution in [2.75, 3.05) is 66.6 Å². The van der Waals surface area contributed by atoms with E-state index in [0.29, 0.717) is 59.5 Å². The molecular formula is C16H26O6S. The van der Waals surface area contributed by atoms with Crippen LogP contribution in [0, 0.1) is 5.41 Å². The van der Waals surface area contributed by atoms with E-state index in [-0.39, 0.29) is 5.41 Å². The van der Waals surface area contributed by atoms with E-state index < -0.39 is 0 Å². The van der Waals surface area contributed by atoms with Gasteiger partial charge in [0.05, 0.1) is 64.9 Å². The molecule has 0 saturated heterocycles. The minimum Gasteiger partial charge on any atom is -0.488 e. The number of hydrogen-bond donors (Lipinski definition) is 0. The zero-order chi connectivity index (χ0) is 16.4. The fraction of sp³-hybridized carbons (Fsp3) is 0.750. The standard InChI is InChI=1S/C16H26O6S/c1-16(12-21-14-9-23-10-15(14)22-13-16)11-20-8-7-19-6-5-18-4-3-17-2/h9-10H,3-8,11-13H2,1-2H3. The molecule has 1 aromatic rings. The van der Waals surface area contributed by atoms with E-state index in [9.17, 15) is 0 Å². The second-order valence-electron chi connectivity index (χ2n) is 5.76. The number of thiophene rings is 1. The molecule has 0 bridgehead atoms. The highest BCUT2D eigenvalue weighted by Gasteiger charge is 2.31. The van der Waals surface area contributed by atoms with Crippen LogP contribution in [0.5, 0.6) is 11.5 Å². The summed E-state index contributed by atoms with van der Waals surface area (Å²) >= 11 is 1.58. The highest BCUT2D eigenvalue weighted by Crippen LogP contribution is 2.36. The van der Waals surface area contributed by atoms with E-state index in [1.807, 2.05) is 10.8 Å². The van der Waals surface area contributed by atoms with Crippen molar-refractivity contribution < 1.29 is 28.4 Å². The third-order valence-corrected chi connectivity index (χ3v) is 4.07. The summed E-state index contributed by atoms with van der Waals surface area (Å²) in [5.74, 6) is 1.66. The van der Waals surface area contributed by atoms with Gasteiger partial charge < -0.3 is 28.4 Å². The topological polar surface area (TPSA) is 55.4 Å². The summed E-state index contributed by atoms with van der Waals surface area (Å²) in [7, 11) is 1.65. The van der Waals surface area contributed by atoms with Gasteiger partial charge in [-0.15, -0.1) is 11.3 Å². The molecule has 0 atom stereocenters. The fourth-order valence-corrected chi connectivity index (χ4v) is 2.70. The summed E-state index contributed by atoms with van der Waals surface area (Å²) < 4.78 is 32.9. The third kappa shape index (κ3) is 6.64. The predicted molar refractivity (Wildman–Crippen MR) is 87.7 cm³/mol. The molecule has 0 amide bonds. The second kappa shape index (κ2) is 10.1. The van der Waals surface area contributed by atoms with Gasteiger partial charge in [0, 0.05) is 17.9 Å². The lowest BCUT2D eigenvalue weighted by atomic mass is 9.94. The van der Waals surface area contributed by atoms with Crippen molar-refractivity contribution in [3.8, 4) is 11.5 Å². The van der Waals surface area contributed by atoms with Crippen molar-refractivity contribution in [1.82, 2.24) is 0 Å². The Hall–Kier alpha value is -0.860. The summed E-state index contributed by atoms with van der Waals surface area (Å²) in [5.41, 5.74) is -0.153. The van der Waals surface area contributed by atoms with E-state index in [4.69, 9.17) is 28.4 Å². The first-order chi connectivity index (χ1) is 11.2. The molecule has 23 heavy (non-hydrogen) atoms. The predicted octanol–water partition coefficient (Wildman–Crippen LogP) is 2.22. The minimum absolute atomic E-state index is 0.153. The van der Waals surface area contributed by atoms with Gasteiger partial charge in [0.25, 0.3) is 0 Å². The lowest BCUT2D eigenvalue weighted by Gasteiger charge is -2.26. The van der Waals surface area contributed by atoms with Crippen LogP contribution in [0.3, 0.4) is 0 Å². The molecule has 0 aromatic carbocycles. The van der Waals surface area contributed by atoms with Gasteiger partial charge in [-0.1, -0.05) is 6.92 Å². The molecule has 0 saturated carbocycles. The van der Waals surface area contributed by atoms with Crippen molar-refractivity contribution >= 4 is 11.3 Å². The van der Waals surface area contributed by atoms with Crippen LogP contribution in [0.2, 0.25) is 0 Å². The summed E-state index contributed by atoms with van der Waals surface area (Å²) in [6.07, 6.45) is 0. The lowest BCUT2D eigenvalue weighted by Crippen LogP contribution is -2.35. The van der Waals surface area contributed by atoms with Crippen molar-refractivity contribution in [2.24, 2.45) is 5.41 Å². The van der Waals surface area contributed by atoms with Crippen LogP contribution in [0.4, 0.5) is 0 Å². The zero-order valence-corrected chi connectivity index (χ0v) is 14.7. The van der Waals surface area contributed by atoms with Crippen LogP contribution in [0.15, 0.2) is 10.8 Å². The highest BCUT2D eigenvalue weighted by molar-refractivity contribution is 7.08. The van der Waals surface area contributed by atoms with Crippen molar-refractivity contribution in [3.63, 3.8) is 0 Å². The zero-order valence-electron chi connectivity index (χ0n) is 13.9. The van der Waals surface area contributed by atoms with E-state index in [1.54, 1.807) is 18.4 Å². The van der Waals surface area contributed by atoms with Gasteiger partial charge in [0.2, 0.25) is 0 Å². The Bertz CT molecular complexity index is 413. The van der Waals surface area contributed by atoms with E-state index in [1.165, 1.54) is 0 Å². The maximum Gasteiger partial charge on any atom is 0.171 e. The Morgan fingerprint density at radius 1 is 0.913 bits per heavy atom. The second-order valence-corrected chi connectivity index (χ2v) is 6.50. The number of methoxy groups -OCH3 is 1. The molecule has 132 valence electrons. The van der Waals surface area contributed by atoms with E-state index in [0.717, 1.165) is 11.5 Å². The molecule has 0 spiro atoms. The smallest absolute Gasteiger partial charge is 0.171 e. The molecule has 0 aliphatic carbocycles. The maximum atomic E-state index is 5.79. The molecule has 6 nitrogen and oxygen atoms in total.